The molecule has 0 aliphatic carbocycles. The van der Waals surface area contributed by atoms with Crippen molar-refractivity contribution in [3.05, 3.63) is 101 Å². The van der Waals surface area contributed by atoms with Gasteiger partial charge < -0.3 is 10.6 Å². The van der Waals surface area contributed by atoms with Crippen LogP contribution in [0.4, 0.5) is 5.69 Å². The number of amides is 2. The zero-order valence-electron chi connectivity index (χ0n) is 14.8. The van der Waals surface area contributed by atoms with Crippen LogP contribution in [0.2, 0.25) is 5.02 Å². The maximum atomic E-state index is 12.5. The highest BCUT2D eigenvalue weighted by molar-refractivity contribution is 6.30. The fourth-order valence-electron chi connectivity index (χ4n) is 2.64. The van der Waals surface area contributed by atoms with E-state index in [0.717, 1.165) is 5.56 Å². The first-order chi connectivity index (χ1) is 13.0. The van der Waals surface area contributed by atoms with E-state index < -0.39 is 0 Å². The first kappa shape index (κ1) is 18.7. The van der Waals surface area contributed by atoms with Gasteiger partial charge in [-0.25, -0.2) is 0 Å². The fraction of sp³-hybridized carbons (Fsp3) is 0.0909. The third-order valence-electron chi connectivity index (χ3n) is 4.14. The maximum Gasteiger partial charge on any atom is 0.255 e. The van der Waals surface area contributed by atoms with Gasteiger partial charge in [0.15, 0.2) is 0 Å². The second-order valence-corrected chi connectivity index (χ2v) is 6.58. The van der Waals surface area contributed by atoms with E-state index in [9.17, 15) is 9.59 Å². The van der Waals surface area contributed by atoms with Gasteiger partial charge in [-0.15, -0.1) is 0 Å². The zero-order chi connectivity index (χ0) is 19.2. The number of carbonyl (C=O) groups excluding carboxylic acids is 2. The van der Waals surface area contributed by atoms with Gasteiger partial charge in [0.05, 0.1) is 6.04 Å². The van der Waals surface area contributed by atoms with Gasteiger partial charge in [-0.3, -0.25) is 9.59 Å². The van der Waals surface area contributed by atoms with E-state index in [2.05, 4.69) is 10.6 Å². The van der Waals surface area contributed by atoms with Crippen LogP contribution in [-0.2, 0) is 0 Å². The number of hydrogen-bond acceptors (Lipinski definition) is 2. The van der Waals surface area contributed by atoms with Crippen molar-refractivity contribution in [2.45, 2.75) is 13.0 Å². The molecular weight excluding hydrogens is 360 g/mol. The average Bonchev–Trinajstić information content (AvgIpc) is 2.70. The standard InChI is InChI=1S/C22H19ClN2O2/c1-15(16-6-3-2-4-7-16)24-21(26)17-8-5-9-18(14-17)22(27)25-20-12-10-19(23)11-13-20/h2-15H,1H3,(H,24,26)(H,25,27). The lowest BCUT2D eigenvalue weighted by Gasteiger charge is -2.14. The molecule has 2 amide bonds. The largest absolute Gasteiger partial charge is 0.346 e. The molecule has 0 radical (unpaired) electrons. The summed E-state index contributed by atoms with van der Waals surface area (Å²) >= 11 is 5.85. The molecule has 0 saturated carbocycles. The van der Waals surface area contributed by atoms with E-state index in [4.69, 9.17) is 11.6 Å². The number of anilines is 1. The summed E-state index contributed by atoms with van der Waals surface area (Å²) in [5.41, 5.74) is 2.49. The Morgan fingerprint density at radius 1 is 0.815 bits per heavy atom. The first-order valence-corrected chi connectivity index (χ1v) is 8.93. The Hall–Kier alpha value is -3.11. The average molecular weight is 379 g/mol. The van der Waals surface area contributed by atoms with Crippen molar-refractivity contribution in [3.63, 3.8) is 0 Å². The van der Waals surface area contributed by atoms with Gasteiger partial charge in [0, 0.05) is 21.8 Å². The lowest BCUT2D eigenvalue weighted by Crippen LogP contribution is -2.27. The third-order valence-corrected chi connectivity index (χ3v) is 4.39. The van der Waals surface area contributed by atoms with Crippen LogP contribution in [0.1, 0.15) is 39.2 Å². The highest BCUT2D eigenvalue weighted by atomic mass is 35.5. The maximum absolute atomic E-state index is 12.5. The molecule has 2 N–H and O–H groups in total. The Bertz CT molecular complexity index is 940. The Morgan fingerprint density at radius 3 is 2.11 bits per heavy atom. The van der Waals surface area contributed by atoms with Crippen LogP contribution in [0.3, 0.4) is 0 Å². The van der Waals surface area contributed by atoms with Crippen molar-refractivity contribution in [1.82, 2.24) is 5.32 Å². The Labute approximate surface area is 163 Å². The molecule has 4 nitrogen and oxygen atoms in total. The van der Waals surface area contributed by atoms with E-state index in [1.54, 1.807) is 48.5 Å². The van der Waals surface area contributed by atoms with E-state index in [1.165, 1.54) is 0 Å². The number of halogens is 1. The molecule has 1 atom stereocenters. The predicted octanol–water partition coefficient (Wildman–Crippen LogP) is 5.08. The molecule has 0 saturated heterocycles. The minimum absolute atomic E-state index is 0.134. The summed E-state index contributed by atoms with van der Waals surface area (Å²) < 4.78 is 0. The topological polar surface area (TPSA) is 58.2 Å². The molecule has 0 bridgehead atoms. The number of hydrogen-bond donors (Lipinski definition) is 2. The summed E-state index contributed by atoms with van der Waals surface area (Å²) in [5.74, 6) is -0.518. The molecule has 5 heteroatoms. The molecule has 0 aliphatic heterocycles. The number of carbonyl (C=O) groups is 2. The highest BCUT2D eigenvalue weighted by Gasteiger charge is 2.13. The van der Waals surface area contributed by atoms with E-state index >= 15 is 0 Å². The SMILES string of the molecule is CC(NC(=O)c1cccc(C(=O)Nc2ccc(Cl)cc2)c1)c1ccccc1. The molecule has 3 rings (SSSR count). The van der Waals surface area contributed by atoms with E-state index in [0.29, 0.717) is 21.8 Å². The van der Waals surface area contributed by atoms with Crippen molar-refractivity contribution in [2.75, 3.05) is 5.32 Å². The molecule has 3 aromatic rings. The van der Waals surface area contributed by atoms with E-state index in [-0.39, 0.29) is 17.9 Å². The molecular formula is C22H19ClN2O2. The fourth-order valence-corrected chi connectivity index (χ4v) is 2.77. The van der Waals surface area contributed by atoms with Crippen LogP contribution in [0.5, 0.6) is 0 Å². The molecule has 1 unspecified atom stereocenters. The smallest absolute Gasteiger partial charge is 0.255 e. The second-order valence-electron chi connectivity index (χ2n) is 6.15. The van der Waals surface area contributed by atoms with Crippen LogP contribution in [0.25, 0.3) is 0 Å². The van der Waals surface area contributed by atoms with Crippen molar-refractivity contribution in [1.29, 1.82) is 0 Å². The van der Waals surface area contributed by atoms with Gasteiger partial charge in [-0.1, -0.05) is 48.0 Å². The number of nitrogens with one attached hydrogen (secondary N) is 2. The first-order valence-electron chi connectivity index (χ1n) is 8.56. The molecule has 0 aliphatic rings. The van der Waals surface area contributed by atoms with Crippen LogP contribution in [0, 0.1) is 0 Å². The van der Waals surface area contributed by atoms with Gasteiger partial charge in [0.1, 0.15) is 0 Å². The van der Waals surface area contributed by atoms with E-state index in [1.807, 2.05) is 37.3 Å². The number of benzene rings is 3. The summed E-state index contributed by atoms with van der Waals surface area (Å²) in [6.45, 7) is 1.92. The third kappa shape index (κ3) is 4.96. The molecule has 0 heterocycles. The van der Waals surface area contributed by atoms with Gasteiger partial charge in [0.2, 0.25) is 0 Å². The lowest BCUT2D eigenvalue weighted by atomic mass is 10.1. The molecule has 136 valence electrons. The summed E-state index contributed by atoms with van der Waals surface area (Å²) in [5, 5.41) is 6.33. The minimum atomic E-state index is -0.289. The molecule has 3 aromatic carbocycles. The molecule has 27 heavy (non-hydrogen) atoms. The quantitative estimate of drug-likeness (QED) is 0.650. The predicted molar refractivity (Wildman–Crippen MR) is 108 cm³/mol. The molecule has 0 spiro atoms. The zero-order valence-corrected chi connectivity index (χ0v) is 15.5. The monoisotopic (exact) mass is 378 g/mol. The molecule has 0 aromatic heterocycles. The van der Waals surface area contributed by atoms with Crippen molar-refractivity contribution >= 4 is 29.1 Å². The van der Waals surface area contributed by atoms with Crippen LogP contribution < -0.4 is 10.6 Å². The lowest BCUT2D eigenvalue weighted by molar-refractivity contribution is 0.0940. The summed E-state index contributed by atoms with van der Waals surface area (Å²) in [6.07, 6.45) is 0. The van der Waals surface area contributed by atoms with Crippen molar-refractivity contribution < 1.29 is 9.59 Å². The van der Waals surface area contributed by atoms with Gasteiger partial charge in [0.25, 0.3) is 11.8 Å². The Kier molecular flexibility index (Phi) is 5.89. The van der Waals surface area contributed by atoms with Crippen molar-refractivity contribution in [2.24, 2.45) is 0 Å². The van der Waals surface area contributed by atoms with Crippen LogP contribution in [-0.4, -0.2) is 11.8 Å². The Morgan fingerprint density at radius 2 is 1.44 bits per heavy atom. The van der Waals surface area contributed by atoms with Gasteiger partial charge >= 0.3 is 0 Å². The highest BCUT2D eigenvalue weighted by Crippen LogP contribution is 2.16. The number of rotatable bonds is 5. The van der Waals surface area contributed by atoms with Gasteiger partial charge in [-0.2, -0.15) is 0 Å². The normalized spacial score (nSPS) is 11.5. The summed E-state index contributed by atoms with van der Waals surface area (Å²) in [4.78, 5) is 25.0. The van der Waals surface area contributed by atoms with Crippen LogP contribution in [0.15, 0.2) is 78.9 Å². The van der Waals surface area contributed by atoms with Crippen molar-refractivity contribution in [3.8, 4) is 0 Å². The Balaban J connectivity index is 1.69. The van der Waals surface area contributed by atoms with Crippen LogP contribution >= 0.6 is 11.6 Å². The van der Waals surface area contributed by atoms with Gasteiger partial charge in [-0.05, 0) is 55.0 Å². The summed E-state index contributed by atoms with van der Waals surface area (Å²) in [7, 11) is 0. The minimum Gasteiger partial charge on any atom is -0.346 e. The summed E-state index contributed by atoms with van der Waals surface area (Å²) in [6, 6.07) is 23.0. The second kappa shape index (κ2) is 8.52. The molecule has 0 fully saturated rings.